The van der Waals surface area contributed by atoms with Crippen LogP contribution < -0.4 is 5.32 Å². The SMILES string of the molecule is CC(C)(CO)CNCc1ccc([N+](=O)[O-])cc1Br. The van der Waals surface area contributed by atoms with Crippen molar-refractivity contribution < 1.29 is 10.0 Å². The highest BCUT2D eigenvalue weighted by Gasteiger charge is 2.16. The monoisotopic (exact) mass is 316 g/mol. The molecule has 0 bridgehead atoms. The third-order valence-electron chi connectivity index (χ3n) is 2.59. The fraction of sp³-hybridized carbons (Fsp3) is 0.500. The Bertz CT molecular complexity index is 435. The van der Waals surface area contributed by atoms with E-state index in [0.717, 1.165) is 5.56 Å². The molecule has 0 fully saturated rings. The van der Waals surface area contributed by atoms with Crippen molar-refractivity contribution in [3.8, 4) is 0 Å². The second kappa shape index (κ2) is 6.26. The standard InChI is InChI=1S/C12H17BrN2O3/c1-12(2,8-16)7-14-6-9-3-4-10(15(17)18)5-11(9)13/h3-5,14,16H,6-8H2,1-2H3. The zero-order valence-corrected chi connectivity index (χ0v) is 12.0. The van der Waals surface area contributed by atoms with Crippen LogP contribution in [0.15, 0.2) is 22.7 Å². The Kier molecular flexibility index (Phi) is 5.25. The van der Waals surface area contributed by atoms with Crippen LogP contribution in [0.1, 0.15) is 19.4 Å². The molecular weight excluding hydrogens is 300 g/mol. The lowest BCUT2D eigenvalue weighted by Gasteiger charge is -2.22. The third kappa shape index (κ3) is 4.36. The predicted molar refractivity (Wildman–Crippen MR) is 73.4 cm³/mol. The van der Waals surface area contributed by atoms with Gasteiger partial charge in [-0.2, -0.15) is 0 Å². The Morgan fingerprint density at radius 2 is 2.17 bits per heavy atom. The molecule has 1 aromatic rings. The van der Waals surface area contributed by atoms with Gasteiger partial charge in [-0.05, 0) is 11.6 Å². The predicted octanol–water partition coefficient (Wildman–Crippen LogP) is 2.47. The van der Waals surface area contributed by atoms with Gasteiger partial charge in [0, 0.05) is 41.7 Å². The largest absolute Gasteiger partial charge is 0.396 e. The lowest BCUT2D eigenvalue weighted by atomic mass is 9.95. The second-order valence-corrected chi connectivity index (χ2v) is 5.81. The maximum absolute atomic E-state index is 10.6. The van der Waals surface area contributed by atoms with Gasteiger partial charge in [0.05, 0.1) is 4.92 Å². The van der Waals surface area contributed by atoms with E-state index in [1.807, 2.05) is 13.8 Å². The first-order valence-corrected chi connectivity index (χ1v) is 6.39. The number of hydrogen-bond donors (Lipinski definition) is 2. The number of aliphatic hydroxyl groups is 1. The van der Waals surface area contributed by atoms with E-state index in [1.165, 1.54) is 12.1 Å². The van der Waals surface area contributed by atoms with E-state index in [1.54, 1.807) is 6.07 Å². The summed E-state index contributed by atoms with van der Waals surface area (Å²) < 4.78 is 0.714. The van der Waals surface area contributed by atoms with E-state index in [0.29, 0.717) is 17.6 Å². The molecule has 1 rings (SSSR count). The van der Waals surface area contributed by atoms with Gasteiger partial charge < -0.3 is 10.4 Å². The van der Waals surface area contributed by atoms with Crippen molar-refractivity contribution in [1.82, 2.24) is 5.32 Å². The van der Waals surface area contributed by atoms with Crippen molar-refractivity contribution in [2.75, 3.05) is 13.2 Å². The number of halogens is 1. The van der Waals surface area contributed by atoms with Crippen LogP contribution in [0.2, 0.25) is 0 Å². The molecule has 6 heteroatoms. The van der Waals surface area contributed by atoms with Crippen LogP contribution in [0, 0.1) is 15.5 Å². The van der Waals surface area contributed by atoms with Gasteiger partial charge in [-0.15, -0.1) is 0 Å². The Morgan fingerprint density at radius 1 is 1.50 bits per heavy atom. The zero-order valence-electron chi connectivity index (χ0n) is 10.4. The molecule has 18 heavy (non-hydrogen) atoms. The molecular formula is C12H17BrN2O3. The number of benzene rings is 1. The van der Waals surface area contributed by atoms with Crippen LogP contribution in [-0.2, 0) is 6.54 Å². The van der Waals surface area contributed by atoms with E-state index in [-0.39, 0.29) is 17.7 Å². The van der Waals surface area contributed by atoms with Gasteiger partial charge in [-0.1, -0.05) is 29.8 Å². The highest BCUT2D eigenvalue weighted by molar-refractivity contribution is 9.10. The summed E-state index contributed by atoms with van der Waals surface area (Å²) in [6.45, 7) is 5.31. The fourth-order valence-corrected chi connectivity index (χ4v) is 1.89. The lowest BCUT2D eigenvalue weighted by Crippen LogP contribution is -2.31. The zero-order chi connectivity index (χ0) is 13.8. The maximum Gasteiger partial charge on any atom is 0.270 e. The molecule has 0 spiro atoms. The third-order valence-corrected chi connectivity index (χ3v) is 3.33. The minimum atomic E-state index is -0.420. The molecule has 2 N–H and O–H groups in total. The summed E-state index contributed by atoms with van der Waals surface area (Å²) in [6.07, 6.45) is 0. The van der Waals surface area contributed by atoms with Crippen molar-refractivity contribution in [3.63, 3.8) is 0 Å². The summed E-state index contributed by atoms with van der Waals surface area (Å²) in [7, 11) is 0. The molecule has 0 atom stereocenters. The van der Waals surface area contributed by atoms with Crippen molar-refractivity contribution in [2.24, 2.45) is 5.41 Å². The van der Waals surface area contributed by atoms with Gasteiger partial charge in [0.25, 0.3) is 5.69 Å². The molecule has 0 saturated carbocycles. The Morgan fingerprint density at radius 3 is 2.67 bits per heavy atom. The fourth-order valence-electron chi connectivity index (χ4n) is 1.38. The smallest absolute Gasteiger partial charge is 0.270 e. The number of aliphatic hydroxyl groups excluding tert-OH is 1. The number of nitro benzene ring substituents is 1. The average molecular weight is 317 g/mol. The summed E-state index contributed by atoms with van der Waals surface area (Å²) >= 11 is 3.32. The van der Waals surface area contributed by atoms with Gasteiger partial charge in [0.1, 0.15) is 0 Å². The summed E-state index contributed by atoms with van der Waals surface area (Å²) in [6, 6.07) is 4.70. The molecule has 0 aromatic heterocycles. The molecule has 0 unspecified atom stereocenters. The number of hydrogen-bond acceptors (Lipinski definition) is 4. The number of nitro groups is 1. The van der Waals surface area contributed by atoms with Crippen LogP contribution in [-0.4, -0.2) is 23.2 Å². The van der Waals surface area contributed by atoms with Crippen molar-refractivity contribution in [2.45, 2.75) is 20.4 Å². The van der Waals surface area contributed by atoms with Crippen molar-refractivity contribution in [1.29, 1.82) is 0 Å². The van der Waals surface area contributed by atoms with Gasteiger partial charge in [0.15, 0.2) is 0 Å². The number of nitrogens with one attached hydrogen (secondary N) is 1. The Labute approximate surface area is 114 Å². The molecule has 0 amide bonds. The first kappa shape index (κ1) is 15.1. The van der Waals surface area contributed by atoms with Gasteiger partial charge >= 0.3 is 0 Å². The van der Waals surface area contributed by atoms with Gasteiger partial charge in [0.2, 0.25) is 0 Å². The summed E-state index contributed by atoms with van der Waals surface area (Å²) in [5.41, 5.74) is 0.850. The van der Waals surface area contributed by atoms with Gasteiger partial charge in [-0.3, -0.25) is 10.1 Å². The van der Waals surface area contributed by atoms with E-state index < -0.39 is 4.92 Å². The molecule has 0 saturated heterocycles. The first-order valence-electron chi connectivity index (χ1n) is 5.60. The Hall–Kier alpha value is -0.980. The van der Waals surface area contributed by atoms with Crippen LogP contribution in [0.25, 0.3) is 0 Å². The summed E-state index contributed by atoms with van der Waals surface area (Å²) in [5.74, 6) is 0. The highest BCUT2D eigenvalue weighted by atomic mass is 79.9. The van der Waals surface area contributed by atoms with Crippen LogP contribution in [0.4, 0.5) is 5.69 Å². The summed E-state index contributed by atoms with van der Waals surface area (Å²) in [4.78, 5) is 10.2. The Balaban J connectivity index is 2.61. The molecule has 5 nitrogen and oxygen atoms in total. The number of rotatable bonds is 6. The number of non-ortho nitro benzene ring substituents is 1. The topological polar surface area (TPSA) is 75.4 Å². The van der Waals surface area contributed by atoms with Crippen LogP contribution in [0.5, 0.6) is 0 Å². The van der Waals surface area contributed by atoms with Crippen molar-refractivity contribution in [3.05, 3.63) is 38.3 Å². The van der Waals surface area contributed by atoms with Crippen LogP contribution >= 0.6 is 15.9 Å². The molecule has 100 valence electrons. The first-order chi connectivity index (χ1) is 8.35. The molecule has 1 aromatic carbocycles. The maximum atomic E-state index is 10.6. The molecule has 0 radical (unpaired) electrons. The molecule has 0 aliphatic rings. The van der Waals surface area contributed by atoms with E-state index in [4.69, 9.17) is 5.11 Å². The van der Waals surface area contributed by atoms with Gasteiger partial charge in [-0.25, -0.2) is 0 Å². The second-order valence-electron chi connectivity index (χ2n) is 4.96. The van der Waals surface area contributed by atoms with E-state index in [2.05, 4.69) is 21.2 Å². The number of nitrogens with zero attached hydrogens (tertiary/aromatic N) is 1. The molecule has 0 aliphatic carbocycles. The minimum absolute atomic E-state index is 0.0707. The normalized spacial score (nSPS) is 11.6. The lowest BCUT2D eigenvalue weighted by molar-refractivity contribution is -0.384. The van der Waals surface area contributed by atoms with Crippen molar-refractivity contribution >= 4 is 21.6 Å². The minimum Gasteiger partial charge on any atom is -0.396 e. The van der Waals surface area contributed by atoms with Crippen LogP contribution in [0.3, 0.4) is 0 Å². The quantitative estimate of drug-likeness (QED) is 0.624. The van der Waals surface area contributed by atoms with E-state index >= 15 is 0 Å². The average Bonchev–Trinajstić information content (AvgIpc) is 2.31. The molecule has 0 heterocycles. The summed E-state index contributed by atoms with van der Waals surface area (Å²) in [5, 5.41) is 22.9. The molecule has 0 aliphatic heterocycles. The van der Waals surface area contributed by atoms with E-state index in [9.17, 15) is 10.1 Å². The highest BCUT2D eigenvalue weighted by Crippen LogP contribution is 2.23.